The van der Waals surface area contributed by atoms with Gasteiger partial charge in [0.25, 0.3) is 0 Å². The van der Waals surface area contributed by atoms with Crippen molar-refractivity contribution < 1.29 is 14.6 Å². The molecule has 3 aromatic carbocycles. The first kappa shape index (κ1) is 22.3. The number of aryl methyl sites for hydroxylation is 1. The van der Waals surface area contributed by atoms with Crippen LogP contribution in [0.4, 0.5) is 0 Å². The minimum Gasteiger partial charge on any atom is -0.486 e. The molecule has 0 saturated carbocycles. The molecule has 2 N–H and O–H groups in total. The number of hydrogen-bond donors (Lipinski definition) is 2. The molecule has 36 heavy (non-hydrogen) atoms. The molecule has 0 bridgehead atoms. The van der Waals surface area contributed by atoms with E-state index in [0.29, 0.717) is 68.7 Å². The van der Waals surface area contributed by atoms with Crippen LogP contribution in [0.2, 0.25) is 5.02 Å². The Kier molecular flexibility index (Phi) is 5.28. The van der Waals surface area contributed by atoms with Crippen LogP contribution < -0.4 is 15.2 Å². The second-order valence-electron chi connectivity index (χ2n) is 8.62. The highest BCUT2D eigenvalue weighted by Gasteiger charge is 2.38. The largest absolute Gasteiger partial charge is 0.486 e. The van der Waals surface area contributed by atoms with Gasteiger partial charge in [0, 0.05) is 23.0 Å². The number of aliphatic hydroxyl groups is 1. The van der Waals surface area contributed by atoms with E-state index in [4.69, 9.17) is 21.1 Å². The highest BCUT2D eigenvalue weighted by atomic mass is 35.5. The number of imidazole rings is 1. The van der Waals surface area contributed by atoms with Gasteiger partial charge in [0.2, 0.25) is 0 Å². The average molecular weight is 501 g/mol. The Morgan fingerprint density at radius 3 is 2.58 bits per heavy atom. The van der Waals surface area contributed by atoms with E-state index in [1.54, 1.807) is 59.6 Å². The van der Waals surface area contributed by atoms with Crippen LogP contribution in [-0.4, -0.2) is 37.8 Å². The summed E-state index contributed by atoms with van der Waals surface area (Å²) in [5.74, 6) is 1.19. The first-order valence-electron chi connectivity index (χ1n) is 11.3. The van der Waals surface area contributed by atoms with E-state index in [2.05, 4.69) is 15.0 Å². The predicted molar refractivity (Wildman–Crippen MR) is 136 cm³/mol. The van der Waals surface area contributed by atoms with E-state index in [1.807, 2.05) is 25.2 Å². The first-order chi connectivity index (χ1) is 17.4. The molecule has 1 aliphatic heterocycles. The Morgan fingerprint density at radius 2 is 1.81 bits per heavy atom. The van der Waals surface area contributed by atoms with Crippen LogP contribution in [0.15, 0.2) is 78.0 Å². The third-order valence-corrected chi connectivity index (χ3v) is 6.63. The molecule has 1 aliphatic rings. The lowest BCUT2D eigenvalue weighted by molar-refractivity contribution is 0.116. The Balaban J connectivity index is 1.61. The van der Waals surface area contributed by atoms with Gasteiger partial charge in [-0.25, -0.2) is 9.78 Å². The molecule has 180 valence electrons. The zero-order valence-electron chi connectivity index (χ0n) is 19.2. The fraction of sp³-hybridized carbons (Fsp3) is 0.148. The maximum atomic E-state index is 12.4. The van der Waals surface area contributed by atoms with Gasteiger partial charge in [0.15, 0.2) is 17.1 Å². The maximum Gasteiger partial charge on any atom is 0.345 e. The van der Waals surface area contributed by atoms with Crippen LogP contribution in [0, 0.1) is 0 Å². The molecule has 8 nitrogen and oxygen atoms in total. The van der Waals surface area contributed by atoms with E-state index >= 15 is 0 Å². The van der Waals surface area contributed by atoms with E-state index in [-0.39, 0.29) is 0 Å². The van der Waals surface area contributed by atoms with E-state index < -0.39 is 11.3 Å². The lowest BCUT2D eigenvalue weighted by Crippen LogP contribution is -2.31. The van der Waals surface area contributed by atoms with Crippen LogP contribution in [-0.2, 0) is 12.6 Å². The fourth-order valence-corrected chi connectivity index (χ4v) is 4.86. The summed E-state index contributed by atoms with van der Waals surface area (Å²) in [7, 11) is 1.82. The Bertz CT molecular complexity index is 1680. The third kappa shape index (κ3) is 3.62. The number of ether oxygens (including phenoxy) is 2. The summed E-state index contributed by atoms with van der Waals surface area (Å²) in [6, 6.07) is 17.9. The van der Waals surface area contributed by atoms with E-state index in [1.165, 1.54) is 0 Å². The number of fused-ring (bicyclic) bond motifs is 2. The molecule has 0 aliphatic carbocycles. The molecule has 0 amide bonds. The fourth-order valence-electron chi connectivity index (χ4n) is 4.67. The summed E-state index contributed by atoms with van der Waals surface area (Å²) in [6.07, 6.45) is 3.26. The Morgan fingerprint density at radius 1 is 1.03 bits per heavy atom. The van der Waals surface area contributed by atoms with Crippen molar-refractivity contribution >= 4 is 22.5 Å². The molecular weight excluding hydrogens is 480 g/mol. The molecule has 5 aromatic rings. The minimum atomic E-state index is -1.60. The molecule has 0 fully saturated rings. The Hall–Kier alpha value is -4.14. The summed E-state index contributed by atoms with van der Waals surface area (Å²) in [5, 5.41) is 13.6. The summed E-state index contributed by atoms with van der Waals surface area (Å²) in [4.78, 5) is 23.6. The molecule has 3 heterocycles. The first-order valence-corrected chi connectivity index (χ1v) is 11.7. The van der Waals surface area contributed by atoms with Gasteiger partial charge in [-0.15, -0.1) is 0 Å². The number of halogens is 1. The van der Waals surface area contributed by atoms with Gasteiger partial charge in [-0.1, -0.05) is 35.9 Å². The average Bonchev–Trinajstić information content (AvgIpc) is 3.33. The van der Waals surface area contributed by atoms with Crippen LogP contribution in [0.1, 0.15) is 16.8 Å². The highest BCUT2D eigenvalue weighted by Crippen LogP contribution is 2.42. The third-order valence-electron chi connectivity index (χ3n) is 6.39. The van der Waals surface area contributed by atoms with Gasteiger partial charge in [-0.3, -0.25) is 0 Å². The predicted octanol–water partition coefficient (Wildman–Crippen LogP) is 4.03. The van der Waals surface area contributed by atoms with Crippen molar-refractivity contribution in [1.29, 1.82) is 0 Å². The summed E-state index contributed by atoms with van der Waals surface area (Å²) in [6.45, 7) is 0.902. The zero-order valence-corrected chi connectivity index (χ0v) is 20.0. The van der Waals surface area contributed by atoms with Crippen LogP contribution in [0.5, 0.6) is 11.5 Å². The van der Waals surface area contributed by atoms with Gasteiger partial charge in [-0.2, -0.15) is 4.98 Å². The number of rotatable bonds is 4. The van der Waals surface area contributed by atoms with Crippen molar-refractivity contribution in [2.45, 2.75) is 5.60 Å². The van der Waals surface area contributed by atoms with E-state index in [0.717, 1.165) is 0 Å². The van der Waals surface area contributed by atoms with Gasteiger partial charge >= 0.3 is 5.69 Å². The number of benzene rings is 3. The standard InChI is InChI=1S/C27H21ClN4O4/c1-32-15-29-14-24(32)27(34,18-6-8-22-23(13-18)36-10-9-35-22)17-5-7-21-20(12-17)25(31-26(33)30-21)16-3-2-4-19(28)11-16/h2-8,11-15,34H,9-10H2,1H3,(H,30,31,33). The zero-order chi connectivity index (χ0) is 24.9. The smallest absolute Gasteiger partial charge is 0.345 e. The number of hydrogen-bond acceptors (Lipinski definition) is 6. The van der Waals surface area contributed by atoms with Crippen molar-refractivity contribution in [3.63, 3.8) is 0 Å². The normalized spacial score (nSPS) is 14.5. The van der Waals surface area contributed by atoms with Crippen LogP contribution in [0.25, 0.3) is 22.2 Å². The number of aromatic nitrogens is 4. The summed E-state index contributed by atoms with van der Waals surface area (Å²) < 4.78 is 13.2. The van der Waals surface area contributed by atoms with Gasteiger partial charge in [0.05, 0.1) is 29.4 Å². The van der Waals surface area contributed by atoms with Crippen molar-refractivity contribution in [2.75, 3.05) is 13.2 Å². The molecule has 1 unspecified atom stereocenters. The molecule has 9 heteroatoms. The second-order valence-corrected chi connectivity index (χ2v) is 9.06. The van der Waals surface area contributed by atoms with Gasteiger partial charge in [-0.05, 0) is 47.5 Å². The van der Waals surface area contributed by atoms with Crippen molar-refractivity contribution in [3.05, 3.63) is 106 Å². The monoisotopic (exact) mass is 500 g/mol. The number of nitrogens with zero attached hydrogens (tertiary/aromatic N) is 3. The SMILES string of the molecule is Cn1cncc1C(O)(c1ccc2c(c1)OCCO2)c1ccc2[nH]c(=O)nc(-c3cccc(Cl)c3)c2c1. The number of H-pyrrole nitrogens is 1. The maximum absolute atomic E-state index is 12.4. The molecular formula is C27H21ClN4O4. The lowest BCUT2D eigenvalue weighted by atomic mass is 9.82. The Labute approximate surface area is 210 Å². The summed E-state index contributed by atoms with van der Waals surface area (Å²) >= 11 is 6.23. The molecule has 1 atom stereocenters. The van der Waals surface area contributed by atoms with Crippen molar-refractivity contribution in [1.82, 2.24) is 19.5 Å². The molecule has 0 saturated heterocycles. The van der Waals surface area contributed by atoms with E-state index in [9.17, 15) is 9.90 Å². The molecule has 0 radical (unpaired) electrons. The molecule has 0 spiro atoms. The van der Waals surface area contributed by atoms with Crippen LogP contribution in [0.3, 0.4) is 0 Å². The number of aromatic amines is 1. The highest BCUT2D eigenvalue weighted by molar-refractivity contribution is 6.30. The number of nitrogens with one attached hydrogen (secondary N) is 1. The quantitative estimate of drug-likeness (QED) is 0.386. The molecule has 6 rings (SSSR count). The minimum absolute atomic E-state index is 0.429. The van der Waals surface area contributed by atoms with Crippen LogP contribution >= 0.6 is 11.6 Å². The van der Waals surface area contributed by atoms with Crippen molar-refractivity contribution in [3.8, 4) is 22.8 Å². The van der Waals surface area contributed by atoms with Gasteiger partial charge in [0.1, 0.15) is 13.2 Å². The van der Waals surface area contributed by atoms with Crippen molar-refractivity contribution in [2.24, 2.45) is 7.05 Å². The second kappa shape index (κ2) is 8.51. The molecule has 2 aromatic heterocycles. The summed E-state index contributed by atoms with van der Waals surface area (Å²) in [5.41, 5.74) is 1.37. The lowest BCUT2D eigenvalue weighted by Gasteiger charge is -2.31. The van der Waals surface area contributed by atoms with Gasteiger partial charge < -0.3 is 24.1 Å². The topological polar surface area (TPSA) is 102 Å².